The summed E-state index contributed by atoms with van der Waals surface area (Å²) in [5.74, 6) is -0.154. The number of likely N-dealkylation sites (N-methyl/N-ethyl adjacent to an activating group) is 1. The number of ether oxygens (including phenoxy) is 1. The quantitative estimate of drug-likeness (QED) is 0.842. The normalized spacial score (nSPS) is 18.5. The Hall–Kier alpha value is -1.24. The van der Waals surface area contributed by atoms with Gasteiger partial charge in [-0.1, -0.05) is 6.08 Å². The van der Waals surface area contributed by atoms with Crippen molar-refractivity contribution in [3.8, 4) is 0 Å². The summed E-state index contributed by atoms with van der Waals surface area (Å²) >= 11 is 1.17. The molecule has 0 spiro atoms. The fourth-order valence-corrected chi connectivity index (χ4v) is 2.97. The Morgan fingerprint density at radius 2 is 2.45 bits per heavy atom. The zero-order valence-electron chi connectivity index (χ0n) is 11.7. The highest BCUT2D eigenvalue weighted by atomic mass is 32.1. The number of rotatable bonds is 5. The van der Waals surface area contributed by atoms with Crippen molar-refractivity contribution < 1.29 is 13.9 Å². The summed E-state index contributed by atoms with van der Waals surface area (Å²) in [7, 11) is 3.87. The molecule has 0 fully saturated rings. The lowest BCUT2D eigenvalue weighted by Gasteiger charge is -2.23. The van der Waals surface area contributed by atoms with Crippen LogP contribution in [0.5, 0.6) is 0 Å². The summed E-state index contributed by atoms with van der Waals surface area (Å²) in [5.41, 5.74) is 0.872. The van der Waals surface area contributed by atoms with Crippen molar-refractivity contribution in [3.63, 3.8) is 0 Å². The minimum atomic E-state index is -0.245. The van der Waals surface area contributed by atoms with Gasteiger partial charge in [-0.3, -0.25) is 4.79 Å². The molecule has 1 atom stereocenters. The molecule has 2 rings (SSSR count). The van der Waals surface area contributed by atoms with Crippen LogP contribution in [0.2, 0.25) is 0 Å². The zero-order chi connectivity index (χ0) is 14.5. The molecule has 0 aliphatic carbocycles. The first-order chi connectivity index (χ1) is 9.56. The van der Waals surface area contributed by atoms with Crippen LogP contribution in [0.25, 0.3) is 0 Å². The van der Waals surface area contributed by atoms with Crippen LogP contribution in [0.15, 0.2) is 18.2 Å². The van der Waals surface area contributed by atoms with Gasteiger partial charge in [0.2, 0.25) is 5.91 Å². The predicted octanol–water partition coefficient (Wildman–Crippen LogP) is 1.73. The third-order valence-electron chi connectivity index (χ3n) is 3.01. The van der Waals surface area contributed by atoms with Crippen molar-refractivity contribution in [3.05, 3.63) is 33.8 Å². The summed E-state index contributed by atoms with van der Waals surface area (Å²) in [6, 6.07) is 1.51. The molecule has 0 saturated carbocycles. The van der Waals surface area contributed by atoms with Crippen LogP contribution in [0.3, 0.4) is 0 Å². The van der Waals surface area contributed by atoms with Crippen molar-refractivity contribution in [1.29, 1.82) is 0 Å². The molecule has 4 nitrogen and oxygen atoms in total. The summed E-state index contributed by atoms with van der Waals surface area (Å²) < 4.78 is 18.9. The number of nitrogens with one attached hydrogen (secondary N) is 1. The zero-order valence-corrected chi connectivity index (χ0v) is 12.5. The summed E-state index contributed by atoms with van der Waals surface area (Å²) in [6.07, 6.45) is 3.81. The van der Waals surface area contributed by atoms with Crippen molar-refractivity contribution in [1.82, 2.24) is 10.2 Å². The topological polar surface area (TPSA) is 41.6 Å². The Balaban J connectivity index is 1.86. The van der Waals surface area contributed by atoms with E-state index >= 15 is 0 Å². The maximum Gasteiger partial charge on any atom is 0.243 e. The van der Waals surface area contributed by atoms with Gasteiger partial charge in [0, 0.05) is 30.5 Å². The van der Waals surface area contributed by atoms with Gasteiger partial charge in [-0.25, -0.2) is 0 Å². The number of carbonyl (C=O) groups is 1. The van der Waals surface area contributed by atoms with Crippen LogP contribution in [-0.4, -0.2) is 44.6 Å². The van der Waals surface area contributed by atoms with Gasteiger partial charge in [0.15, 0.2) is 5.13 Å². The third-order valence-corrected chi connectivity index (χ3v) is 4.01. The van der Waals surface area contributed by atoms with E-state index in [2.05, 4.69) is 5.32 Å². The maximum atomic E-state index is 13.3. The molecule has 1 N–H and O–H groups in total. The number of hydrogen-bond donors (Lipinski definition) is 1. The van der Waals surface area contributed by atoms with Crippen LogP contribution >= 0.6 is 11.3 Å². The number of thiophene rings is 1. The monoisotopic (exact) mass is 298 g/mol. The molecular weight excluding hydrogens is 279 g/mol. The Morgan fingerprint density at radius 1 is 1.65 bits per heavy atom. The second kappa shape index (κ2) is 6.97. The summed E-state index contributed by atoms with van der Waals surface area (Å²) in [4.78, 5) is 14.6. The van der Waals surface area contributed by atoms with E-state index in [0.717, 1.165) is 16.9 Å². The van der Waals surface area contributed by atoms with E-state index in [1.165, 1.54) is 23.5 Å². The Morgan fingerprint density at radius 3 is 3.20 bits per heavy atom. The number of carbonyl (C=O) groups excluding carboxylic acids is 1. The number of amides is 1. The van der Waals surface area contributed by atoms with Crippen LogP contribution in [0, 0.1) is 5.13 Å². The van der Waals surface area contributed by atoms with Crippen LogP contribution < -0.4 is 5.32 Å². The summed E-state index contributed by atoms with van der Waals surface area (Å²) in [5, 5.41) is 2.60. The molecule has 110 valence electrons. The fourth-order valence-electron chi connectivity index (χ4n) is 2.05. The van der Waals surface area contributed by atoms with Gasteiger partial charge in [0.1, 0.15) is 6.10 Å². The standard InChI is InChI=1S/C14H19FN2O2S/c1-17(2)6-3-4-14(18)16-9-11-10-8-13(15)20-12(10)5-7-19-11/h3-4,8,11H,5-7,9H2,1-2H3,(H,16,18)/b4-3+. The number of nitrogens with zero attached hydrogens (tertiary/aromatic N) is 1. The smallest absolute Gasteiger partial charge is 0.243 e. The largest absolute Gasteiger partial charge is 0.371 e. The van der Waals surface area contributed by atoms with Gasteiger partial charge < -0.3 is 15.0 Å². The molecule has 20 heavy (non-hydrogen) atoms. The van der Waals surface area contributed by atoms with Gasteiger partial charge in [-0.2, -0.15) is 4.39 Å². The molecule has 6 heteroatoms. The second-order valence-corrected chi connectivity index (χ2v) is 6.04. The van der Waals surface area contributed by atoms with Gasteiger partial charge >= 0.3 is 0 Å². The summed E-state index contributed by atoms with van der Waals surface area (Å²) in [6.45, 7) is 1.66. The van der Waals surface area contributed by atoms with E-state index < -0.39 is 0 Å². The van der Waals surface area contributed by atoms with E-state index in [0.29, 0.717) is 19.7 Å². The van der Waals surface area contributed by atoms with Crippen LogP contribution in [-0.2, 0) is 16.0 Å². The first-order valence-corrected chi connectivity index (χ1v) is 7.36. The van der Waals surface area contributed by atoms with Gasteiger partial charge in [-0.15, -0.1) is 11.3 Å². The van der Waals surface area contributed by atoms with Crippen molar-refractivity contribution in [2.75, 3.05) is 33.8 Å². The molecule has 1 aromatic heterocycles. The number of halogens is 1. The molecular formula is C14H19FN2O2S. The minimum absolute atomic E-state index is 0.154. The molecule has 1 unspecified atom stereocenters. The third kappa shape index (κ3) is 4.13. The van der Waals surface area contributed by atoms with E-state index in [1.54, 1.807) is 6.08 Å². The van der Waals surface area contributed by atoms with Gasteiger partial charge in [0.05, 0.1) is 6.61 Å². The molecule has 0 aromatic carbocycles. The first kappa shape index (κ1) is 15.2. The molecule has 2 heterocycles. The molecule has 1 aliphatic heterocycles. The Labute approximate surface area is 122 Å². The lowest BCUT2D eigenvalue weighted by atomic mass is 10.1. The minimum Gasteiger partial charge on any atom is -0.371 e. The Bertz CT molecular complexity index is 499. The highest BCUT2D eigenvalue weighted by Crippen LogP contribution is 2.32. The molecule has 1 aliphatic rings. The maximum absolute atomic E-state index is 13.3. The molecule has 1 aromatic rings. The lowest BCUT2D eigenvalue weighted by molar-refractivity contribution is -0.117. The first-order valence-electron chi connectivity index (χ1n) is 6.55. The fraction of sp³-hybridized carbons (Fsp3) is 0.500. The van der Waals surface area contributed by atoms with Crippen molar-refractivity contribution in [2.45, 2.75) is 12.5 Å². The Kier molecular flexibility index (Phi) is 5.28. The molecule has 0 radical (unpaired) electrons. The molecule has 0 saturated heterocycles. The predicted molar refractivity (Wildman–Crippen MR) is 77.4 cm³/mol. The van der Waals surface area contributed by atoms with E-state index in [1.807, 2.05) is 19.0 Å². The van der Waals surface area contributed by atoms with E-state index in [4.69, 9.17) is 4.74 Å². The average Bonchev–Trinajstić information content (AvgIpc) is 2.76. The lowest BCUT2D eigenvalue weighted by Crippen LogP contribution is -2.30. The van der Waals surface area contributed by atoms with Gasteiger partial charge in [-0.05, 0) is 25.7 Å². The highest BCUT2D eigenvalue weighted by molar-refractivity contribution is 7.10. The average molecular weight is 298 g/mol. The van der Waals surface area contributed by atoms with E-state index in [9.17, 15) is 9.18 Å². The van der Waals surface area contributed by atoms with Crippen LogP contribution in [0.1, 0.15) is 16.5 Å². The van der Waals surface area contributed by atoms with Crippen LogP contribution in [0.4, 0.5) is 4.39 Å². The molecule has 1 amide bonds. The van der Waals surface area contributed by atoms with Gasteiger partial charge in [0.25, 0.3) is 0 Å². The number of hydrogen-bond acceptors (Lipinski definition) is 4. The van der Waals surface area contributed by atoms with E-state index in [-0.39, 0.29) is 17.1 Å². The highest BCUT2D eigenvalue weighted by Gasteiger charge is 2.24. The second-order valence-electron chi connectivity index (χ2n) is 4.95. The van der Waals surface area contributed by atoms with Crippen molar-refractivity contribution in [2.24, 2.45) is 0 Å². The molecule has 0 bridgehead atoms. The number of fused-ring (bicyclic) bond motifs is 1. The van der Waals surface area contributed by atoms with Crippen molar-refractivity contribution >= 4 is 17.2 Å². The SMILES string of the molecule is CN(C)C/C=C/C(=O)NCC1OCCc2sc(F)cc21.